The van der Waals surface area contributed by atoms with Gasteiger partial charge in [0.2, 0.25) is 0 Å². The van der Waals surface area contributed by atoms with Crippen molar-refractivity contribution < 1.29 is 102 Å². The molecule has 328 valence electrons. The number of carbonyl (C=O) groups excluding carboxylic acids is 1. The first-order valence-corrected chi connectivity index (χ1v) is 16.0. The van der Waals surface area contributed by atoms with Gasteiger partial charge in [-0.15, -0.1) is 0 Å². The molecule has 2 aliphatic heterocycles. The third-order valence-corrected chi connectivity index (χ3v) is 7.44. The van der Waals surface area contributed by atoms with Gasteiger partial charge in [-0.05, 0) is 57.5 Å². The first-order chi connectivity index (χ1) is 26.4. The third kappa shape index (κ3) is 19.7. The normalized spacial score (nSPS) is 18.3. The van der Waals surface area contributed by atoms with Gasteiger partial charge in [-0.1, -0.05) is 12.1 Å². The van der Waals surface area contributed by atoms with E-state index in [9.17, 15) is 57.5 Å². The number of alkyl halides is 12. The molecule has 4 N–H and O–H groups in total. The summed E-state index contributed by atoms with van der Waals surface area (Å²) < 4.78 is 133. The summed E-state index contributed by atoms with van der Waals surface area (Å²) in [5.74, 6) is -10.8. The van der Waals surface area contributed by atoms with Crippen LogP contribution < -0.4 is 0 Å². The Balaban J connectivity index is 0.000000940. The van der Waals surface area contributed by atoms with E-state index < -0.39 is 54.0 Å². The van der Waals surface area contributed by atoms with Crippen molar-refractivity contribution in [1.82, 2.24) is 19.8 Å². The summed E-state index contributed by atoms with van der Waals surface area (Å²) >= 11 is 0. The van der Waals surface area contributed by atoms with Gasteiger partial charge in [-0.25, -0.2) is 19.2 Å². The fraction of sp³-hybridized carbons (Fsp3) is 0.531. The lowest BCUT2D eigenvalue weighted by atomic mass is 9.75. The van der Waals surface area contributed by atoms with Crippen LogP contribution in [0.4, 0.5) is 52.7 Å². The molecule has 0 saturated carbocycles. The molecule has 0 bridgehead atoms. The molecule has 14 nitrogen and oxygen atoms in total. The molecule has 4 rings (SSSR count). The van der Waals surface area contributed by atoms with Crippen LogP contribution in [0, 0.1) is 18.3 Å². The van der Waals surface area contributed by atoms with E-state index >= 15 is 0 Å². The summed E-state index contributed by atoms with van der Waals surface area (Å²) in [6.45, 7) is 9.50. The Labute approximate surface area is 320 Å². The van der Waals surface area contributed by atoms with E-state index in [0.717, 1.165) is 69.2 Å². The maximum atomic E-state index is 13.2. The van der Waals surface area contributed by atoms with E-state index in [-0.39, 0.29) is 11.9 Å². The summed E-state index contributed by atoms with van der Waals surface area (Å²) in [6.07, 6.45) is -16.6. The first kappa shape index (κ1) is 52.7. The third-order valence-electron chi connectivity index (χ3n) is 7.44. The number of hydrogen-bond acceptors (Lipinski definition) is 10. The Kier molecular flexibility index (Phi) is 20.6. The largest absolute Gasteiger partial charge is 0.490 e. The predicted molar refractivity (Wildman–Crippen MR) is 170 cm³/mol. The second kappa shape index (κ2) is 22.6. The van der Waals surface area contributed by atoms with Crippen LogP contribution in [-0.2, 0) is 41.8 Å². The molecular weight excluding hydrogens is 828 g/mol. The molecule has 2 aromatic heterocycles. The molecule has 0 radical (unpaired) electrons. The van der Waals surface area contributed by atoms with Crippen LogP contribution >= 0.6 is 0 Å². The Morgan fingerprint density at radius 3 is 1.53 bits per heavy atom. The number of aliphatic carboxylic acids is 4. The number of rotatable bonds is 6. The van der Waals surface area contributed by atoms with Crippen molar-refractivity contribution in [2.45, 2.75) is 64.5 Å². The monoisotopic (exact) mass is 864 g/mol. The Morgan fingerprint density at radius 1 is 0.707 bits per heavy atom. The molecule has 4 heterocycles. The number of carbonyl (C=O) groups is 5. The predicted octanol–water partition coefficient (Wildman–Crippen LogP) is 5.60. The molecule has 2 aliphatic rings. The maximum Gasteiger partial charge on any atom is 0.490 e. The number of carboxylic acid groups (broad SMARTS) is 4. The van der Waals surface area contributed by atoms with Gasteiger partial charge in [0.05, 0.1) is 23.4 Å². The SMILES string of the molecule is CCOC(=O)[C@]12CCCN(Cc3ccccn3)C[C@H]1CN(Cc1cccc(C)n1)C2.O=C(O)C(F)(F)F.O=C(O)C(F)(F)F.O=C(O)C(F)(F)F.O=C(O)C(F)(F)F. The minimum Gasteiger partial charge on any atom is -0.475 e. The minimum atomic E-state index is -5.08. The summed E-state index contributed by atoms with van der Waals surface area (Å²) in [5, 5.41) is 28.5. The number of carboxylic acids is 4. The number of aryl methyl sites for hydroxylation is 1. The summed E-state index contributed by atoms with van der Waals surface area (Å²) in [6, 6.07) is 12.2. The zero-order valence-corrected chi connectivity index (χ0v) is 30.0. The smallest absolute Gasteiger partial charge is 0.475 e. The number of nitrogens with zero attached hydrogens (tertiary/aromatic N) is 4. The van der Waals surface area contributed by atoms with E-state index in [0.29, 0.717) is 6.61 Å². The number of halogens is 12. The van der Waals surface area contributed by atoms with Crippen molar-refractivity contribution in [3.63, 3.8) is 0 Å². The van der Waals surface area contributed by atoms with Gasteiger partial charge in [0.15, 0.2) is 0 Å². The molecule has 2 saturated heterocycles. The number of aromatic nitrogens is 2. The van der Waals surface area contributed by atoms with E-state index in [2.05, 4.69) is 38.0 Å². The molecule has 2 fully saturated rings. The van der Waals surface area contributed by atoms with Crippen LogP contribution in [0.2, 0.25) is 0 Å². The molecular formula is C32H36F12N4O10. The lowest BCUT2D eigenvalue weighted by Crippen LogP contribution is -2.42. The van der Waals surface area contributed by atoms with E-state index in [4.69, 9.17) is 44.3 Å². The van der Waals surface area contributed by atoms with Crippen LogP contribution in [0.3, 0.4) is 0 Å². The number of likely N-dealkylation sites (tertiary alicyclic amines) is 2. The highest BCUT2D eigenvalue weighted by Gasteiger charge is 2.54. The zero-order valence-electron chi connectivity index (χ0n) is 30.0. The van der Waals surface area contributed by atoms with Crippen molar-refractivity contribution in [3.05, 3.63) is 59.7 Å². The number of pyridine rings is 2. The summed E-state index contributed by atoms with van der Waals surface area (Å²) in [7, 11) is 0. The van der Waals surface area contributed by atoms with Crippen LogP contribution in [-0.4, -0.2) is 128 Å². The summed E-state index contributed by atoms with van der Waals surface area (Å²) in [4.78, 5) is 62.8. The van der Waals surface area contributed by atoms with E-state index in [1.807, 2.05) is 38.2 Å². The topological polar surface area (TPSA) is 208 Å². The number of ether oxygens (including phenoxy) is 1. The molecule has 0 aliphatic carbocycles. The molecule has 0 unspecified atom stereocenters. The van der Waals surface area contributed by atoms with Crippen molar-refractivity contribution in [3.8, 4) is 0 Å². The quantitative estimate of drug-likeness (QED) is 0.206. The Bertz CT molecular complexity index is 1550. The molecule has 2 aromatic rings. The van der Waals surface area contributed by atoms with Crippen molar-refractivity contribution >= 4 is 29.8 Å². The number of hydrogen-bond donors (Lipinski definition) is 4. The molecule has 58 heavy (non-hydrogen) atoms. The highest BCUT2D eigenvalue weighted by molar-refractivity contribution is 5.78. The molecule has 0 amide bonds. The van der Waals surface area contributed by atoms with E-state index in [1.54, 1.807) is 0 Å². The average molecular weight is 865 g/mol. The van der Waals surface area contributed by atoms with Crippen molar-refractivity contribution in [1.29, 1.82) is 0 Å². The Morgan fingerprint density at radius 2 is 1.14 bits per heavy atom. The van der Waals surface area contributed by atoms with Gasteiger partial charge in [-0.3, -0.25) is 24.6 Å². The second-order valence-corrected chi connectivity index (χ2v) is 11.9. The second-order valence-electron chi connectivity index (χ2n) is 11.9. The fourth-order valence-corrected chi connectivity index (χ4v) is 5.13. The fourth-order valence-electron chi connectivity index (χ4n) is 5.13. The molecule has 0 spiro atoms. The molecule has 0 aromatic carbocycles. The van der Waals surface area contributed by atoms with E-state index in [1.165, 1.54) is 0 Å². The van der Waals surface area contributed by atoms with Crippen LogP contribution in [0.5, 0.6) is 0 Å². The first-order valence-electron chi connectivity index (χ1n) is 16.0. The number of fused-ring (bicyclic) bond motifs is 1. The van der Waals surface area contributed by atoms with Crippen molar-refractivity contribution in [2.75, 3.05) is 32.8 Å². The lowest BCUT2D eigenvalue weighted by Gasteiger charge is -2.31. The van der Waals surface area contributed by atoms with Crippen molar-refractivity contribution in [2.24, 2.45) is 11.3 Å². The lowest BCUT2D eigenvalue weighted by molar-refractivity contribution is -0.193. The average Bonchev–Trinajstić information content (AvgIpc) is 3.32. The maximum absolute atomic E-state index is 13.2. The van der Waals surface area contributed by atoms with Gasteiger partial charge >= 0.3 is 54.6 Å². The molecule has 26 heteroatoms. The minimum absolute atomic E-state index is 0.0191. The van der Waals surface area contributed by atoms with Gasteiger partial charge < -0.3 is 25.2 Å². The van der Waals surface area contributed by atoms with Gasteiger partial charge in [-0.2, -0.15) is 52.7 Å². The van der Waals surface area contributed by atoms with Crippen LogP contribution in [0.15, 0.2) is 42.6 Å². The van der Waals surface area contributed by atoms with Gasteiger partial charge in [0.1, 0.15) is 0 Å². The standard InChI is InChI=1S/C24H32N4O2.4C2HF3O2/c1-3-30-23(29)24-11-7-13-27(16-21-9-4-5-12-25-21)14-20(24)15-28(18-24)17-22-10-6-8-19(2)26-22;4*3-2(4,5)1(6)7/h4-6,8-10,12,20H,3,7,11,13-18H2,1-2H3;4*(H,6,7)/t20-,24-;;;;/m0..../s1. The van der Waals surface area contributed by atoms with Crippen LogP contribution in [0.25, 0.3) is 0 Å². The highest BCUT2D eigenvalue weighted by atomic mass is 19.4. The zero-order chi connectivity index (χ0) is 45.3. The van der Waals surface area contributed by atoms with Crippen LogP contribution in [0.1, 0.15) is 36.8 Å². The van der Waals surface area contributed by atoms with Gasteiger partial charge in [0.25, 0.3) is 0 Å². The molecule has 2 atom stereocenters. The highest BCUT2D eigenvalue weighted by Crippen LogP contribution is 2.44. The Hall–Kier alpha value is -5.27. The van der Waals surface area contributed by atoms with Gasteiger partial charge in [0, 0.05) is 50.5 Å². The number of esters is 1. The summed E-state index contributed by atoms with van der Waals surface area (Å²) in [5.41, 5.74) is 2.76.